The van der Waals surface area contributed by atoms with E-state index in [-0.39, 0.29) is 6.42 Å². The number of alkyl halides is 2. The van der Waals surface area contributed by atoms with Gasteiger partial charge in [0.05, 0.1) is 10.5 Å². The summed E-state index contributed by atoms with van der Waals surface area (Å²) in [5.74, 6) is -2.80. The monoisotopic (exact) mass is 309 g/mol. The zero-order valence-electron chi connectivity index (χ0n) is 12.3. The van der Waals surface area contributed by atoms with Gasteiger partial charge in [-0.2, -0.15) is 0 Å². The molecule has 6 heteroatoms. The van der Waals surface area contributed by atoms with E-state index in [0.29, 0.717) is 31.7 Å². The van der Waals surface area contributed by atoms with Crippen molar-refractivity contribution in [2.75, 3.05) is 13.1 Å². The van der Waals surface area contributed by atoms with Gasteiger partial charge in [-0.15, -0.1) is 0 Å². The highest BCUT2D eigenvalue weighted by atomic mass is 32.2. The Bertz CT molecular complexity index is 428. The van der Waals surface area contributed by atoms with Gasteiger partial charge in [-0.25, -0.2) is 17.2 Å². The van der Waals surface area contributed by atoms with Gasteiger partial charge in [-0.3, -0.25) is 0 Å². The Labute approximate surface area is 120 Å². The molecule has 0 amide bonds. The van der Waals surface area contributed by atoms with Crippen LogP contribution in [0.2, 0.25) is 0 Å². The molecule has 0 aromatic heterocycles. The molecule has 2 rings (SSSR count). The first-order valence-corrected chi connectivity index (χ1v) is 9.18. The van der Waals surface area contributed by atoms with Gasteiger partial charge >= 0.3 is 0 Å². The molecule has 3 nitrogen and oxygen atoms in total. The molecule has 0 spiro atoms. The Balaban J connectivity index is 2.01. The summed E-state index contributed by atoms with van der Waals surface area (Å²) in [6, 6.07) is 0.415. The third kappa shape index (κ3) is 3.50. The molecular formula is C14H25F2NO2S. The minimum atomic E-state index is -3.41. The zero-order valence-corrected chi connectivity index (χ0v) is 13.1. The first-order valence-electron chi connectivity index (χ1n) is 7.57. The number of piperidine rings is 1. The highest BCUT2D eigenvalue weighted by Gasteiger charge is 2.44. The maximum Gasteiger partial charge on any atom is 0.249 e. The fourth-order valence-electron chi connectivity index (χ4n) is 3.40. The van der Waals surface area contributed by atoms with Crippen LogP contribution in [0.4, 0.5) is 8.78 Å². The van der Waals surface area contributed by atoms with Gasteiger partial charge in [-0.1, -0.05) is 0 Å². The number of hydrogen-bond acceptors (Lipinski definition) is 3. The van der Waals surface area contributed by atoms with Gasteiger partial charge < -0.3 is 4.90 Å². The maximum atomic E-state index is 13.4. The fourth-order valence-corrected chi connectivity index (χ4v) is 5.78. The van der Waals surface area contributed by atoms with Gasteiger partial charge in [-0.05, 0) is 52.6 Å². The second kappa shape index (κ2) is 5.87. The minimum Gasteiger partial charge on any atom is -0.301 e. The summed E-state index contributed by atoms with van der Waals surface area (Å²) in [5, 5.41) is -1.25. The average molecular weight is 309 g/mol. The number of hydrogen-bond donors (Lipinski definition) is 0. The lowest BCUT2D eigenvalue weighted by Crippen LogP contribution is -2.46. The maximum absolute atomic E-state index is 13.4. The molecule has 118 valence electrons. The summed E-state index contributed by atoms with van der Waals surface area (Å²) in [4.78, 5) is 2.25. The zero-order chi connectivity index (χ0) is 15.0. The fraction of sp³-hybridized carbons (Fsp3) is 1.00. The van der Waals surface area contributed by atoms with Crippen LogP contribution >= 0.6 is 0 Å². The van der Waals surface area contributed by atoms with Crippen molar-refractivity contribution >= 4 is 9.84 Å². The summed E-state index contributed by atoms with van der Waals surface area (Å²) >= 11 is 0. The van der Waals surface area contributed by atoms with E-state index in [2.05, 4.69) is 18.7 Å². The van der Waals surface area contributed by atoms with Gasteiger partial charge in [0.2, 0.25) is 5.92 Å². The first-order chi connectivity index (χ1) is 9.22. The number of sulfone groups is 1. The topological polar surface area (TPSA) is 37.4 Å². The van der Waals surface area contributed by atoms with Crippen molar-refractivity contribution < 1.29 is 17.2 Å². The number of rotatable bonds is 3. The van der Waals surface area contributed by atoms with Crippen LogP contribution in [0.25, 0.3) is 0 Å². The predicted molar refractivity (Wildman–Crippen MR) is 75.9 cm³/mol. The number of likely N-dealkylation sites (tertiary alicyclic amines) is 1. The molecule has 1 saturated heterocycles. The standard InChI is InChI=1S/C14H25F2NO2S/c1-11(2)17-8-5-12(6-9-17)20(18,19)13-4-3-7-14(15,16)10-13/h11-13H,3-10H2,1-2H3/t13-/m0/s1. The van der Waals surface area contributed by atoms with Gasteiger partial charge in [0.15, 0.2) is 9.84 Å². The Morgan fingerprint density at radius 2 is 1.70 bits per heavy atom. The highest BCUT2D eigenvalue weighted by molar-refractivity contribution is 7.92. The highest BCUT2D eigenvalue weighted by Crippen LogP contribution is 2.38. The van der Waals surface area contributed by atoms with E-state index in [1.54, 1.807) is 0 Å². The molecule has 0 aromatic carbocycles. The van der Waals surface area contributed by atoms with Crippen molar-refractivity contribution in [3.8, 4) is 0 Å². The average Bonchev–Trinajstić information content (AvgIpc) is 2.37. The molecule has 1 heterocycles. The van der Waals surface area contributed by atoms with Crippen LogP contribution in [-0.4, -0.2) is 48.9 Å². The van der Waals surface area contributed by atoms with Crippen molar-refractivity contribution in [3.05, 3.63) is 0 Å². The Kier molecular flexibility index (Phi) is 4.74. The molecule has 0 N–H and O–H groups in total. The molecule has 2 fully saturated rings. The van der Waals surface area contributed by atoms with E-state index in [1.165, 1.54) is 0 Å². The molecule has 1 saturated carbocycles. The van der Waals surface area contributed by atoms with Crippen LogP contribution in [-0.2, 0) is 9.84 Å². The minimum absolute atomic E-state index is 0.162. The van der Waals surface area contributed by atoms with E-state index in [4.69, 9.17) is 0 Å². The van der Waals surface area contributed by atoms with E-state index in [0.717, 1.165) is 13.1 Å². The second-order valence-corrected chi connectivity index (χ2v) is 9.00. The molecule has 2 aliphatic rings. The van der Waals surface area contributed by atoms with Crippen LogP contribution in [0.3, 0.4) is 0 Å². The normalized spacial score (nSPS) is 29.8. The summed E-state index contributed by atoms with van der Waals surface area (Å²) in [7, 11) is -3.41. The molecule has 1 aliphatic heterocycles. The quantitative estimate of drug-likeness (QED) is 0.804. The molecule has 0 bridgehead atoms. The third-order valence-electron chi connectivity index (χ3n) is 4.73. The van der Waals surface area contributed by atoms with Gasteiger partial charge in [0, 0.05) is 18.9 Å². The Morgan fingerprint density at radius 1 is 1.10 bits per heavy atom. The van der Waals surface area contributed by atoms with E-state index in [9.17, 15) is 17.2 Å². The van der Waals surface area contributed by atoms with Crippen LogP contribution in [0.1, 0.15) is 52.4 Å². The van der Waals surface area contributed by atoms with Crippen molar-refractivity contribution in [2.24, 2.45) is 0 Å². The second-order valence-electron chi connectivity index (χ2n) is 6.49. The van der Waals surface area contributed by atoms with E-state index < -0.39 is 32.7 Å². The summed E-state index contributed by atoms with van der Waals surface area (Å²) in [5.41, 5.74) is 0. The molecule has 1 atom stereocenters. The largest absolute Gasteiger partial charge is 0.301 e. The van der Waals surface area contributed by atoms with Crippen molar-refractivity contribution in [1.82, 2.24) is 4.90 Å². The van der Waals surface area contributed by atoms with E-state index >= 15 is 0 Å². The first kappa shape index (κ1) is 16.1. The lowest BCUT2D eigenvalue weighted by Gasteiger charge is -2.37. The van der Waals surface area contributed by atoms with Crippen molar-refractivity contribution in [1.29, 1.82) is 0 Å². The van der Waals surface area contributed by atoms with Crippen molar-refractivity contribution in [2.45, 2.75) is 74.8 Å². The summed E-state index contributed by atoms with van der Waals surface area (Å²) in [6.07, 6.45) is 1.26. The van der Waals surface area contributed by atoms with Crippen molar-refractivity contribution in [3.63, 3.8) is 0 Å². The number of nitrogens with zero attached hydrogens (tertiary/aromatic N) is 1. The molecule has 0 aromatic rings. The smallest absolute Gasteiger partial charge is 0.249 e. The summed E-state index contributed by atoms with van der Waals surface area (Å²) in [6.45, 7) is 5.70. The molecule has 20 heavy (non-hydrogen) atoms. The van der Waals surface area contributed by atoms with Gasteiger partial charge in [0.25, 0.3) is 0 Å². The lowest BCUT2D eigenvalue weighted by molar-refractivity contribution is -0.0325. The third-order valence-corrected chi connectivity index (χ3v) is 7.46. The van der Waals surface area contributed by atoms with E-state index in [1.807, 2.05) is 0 Å². The number of halogens is 2. The van der Waals surface area contributed by atoms with Crippen LogP contribution in [0, 0.1) is 0 Å². The summed E-state index contributed by atoms with van der Waals surface area (Å²) < 4.78 is 52.0. The molecule has 0 unspecified atom stereocenters. The molecular weight excluding hydrogens is 284 g/mol. The predicted octanol–water partition coefficient (Wildman–Crippen LogP) is 2.85. The van der Waals surface area contributed by atoms with Crippen LogP contribution in [0.15, 0.2) is 0 Å². The lowest BCUT2D eigenvalue weighted by atomic mass is 9.96. The van der Waals surface area contributed by atoms with Crippen LogP contribution < -0.4 is 0 Å². The SMILES string of the molecule is CC(C)N1CCC(S(=O)(=O)[C@H]2CCCC(F)(F)C2)CC1. The molecule has 1 aliphatic carbocycles. The molecule has 0 radical (unpaired) electrons. The Morgan fingerprint density at radius 3 is 2.20 bits per heavy atom. The Hall–Kier alpha value is -0.230. The van der Waals surface area contributed by atoms with Crippen LogP contribution in [0.5, 0.6) is 0 Å². The van der Waals surface area contributed by atoms with Gasteiger partial charge in [0.1, 0.15) is 0 Å².